The molecule has 2 unspecified atom stereocenters. The van der Waals surface area contributed by atoms with Crippen molar-refractivity contribution in [3.63, 3.8) is 0 Å². The Balaban J connectivity index is 1.64. The summed E-state index contributed by atoms with van der Waals surface area (Å²) in [5.41, 5.74) is 1.34. The molecule has 0 bridgehead atoms. The van der Waals surface area contributed by atoms with Crippen LogP contribution in [0.5, 0.6) is 0 Å². The average molecular weight is 276 g/mol. The topological polar surface area (TPSA) is 41.1 Å². The highest BCUT2D eigenvalue weighted by Gasteiger charge is 2.28. The van der Waals surface area contributed by atoms with Crippen LogP contribution in [0.4, 0.5) is 0 Å². The number of thioether (sulfide) groups is 1. The summed E-state index contributed by atoms with van der Waals surface area (Å²) in [6.45, 7) is 1.96. The van der Waals surface area contributed by atoms with Gasteiger partial charge in [-0.3, -0.25) is 10.1 Å². The number of nitrogens with one attached hydrogen (secondary N) is 2. The number of fused-ring (bicyclic) bond motifs is 1. The molecule has 1 saturated carbocycles. The van der Waals surface area contributed by atoms with E-state index in [2.05, 4.69) is 34.9 Å². The standard InChI is InChI=1S/C15H20N2OS/c1-10(15(18)17-11-6-7-11)16-13-8-9-19-14-5-3-2-4-12(13)14/h2-5,10-11,13,16H,6-9H2,1H3,(H,17,18). The van der Waals surface area contributed by atoms with Crippen molar-refractivity contribution in [3.05, 3.63) is 29.8 Å². The van der Waals surface area contributed by atoms with Crippen LogP contribution < -0.4 is 10.6 Å². The van der Waals surface area contributed by atoms with Crippen molar-refractivity contribution < 1.29 is 4.79 Å². The molecule has 102 valence electrons. The van der Waals surface area contributed by atoms with Gasteiger partial charge >= 0.3 is 0 Å². The first-order valence-corrected chi connectivity index (χ1v) is 8.01. The molecule has 3 rings (SSSR count). The largest absolute Gasteiger partial charge is 0.352 e. The van der Waals surface area contributed by atoms with Crippen molar-refractivity contribution in [2.75, 3.05) is 5.75 Å². The van der Waals surface area contributed by atoms with Gasteiger partial charge in [-0.05, 0) is 43.6 Å². The van der Waals surface area contributed by atoms with Gasteiger partial charge < -0.3 is 5.32 Å². The lowest BCUT2D eigenvalue weighted by molar-refractivity contribution is -0.123. The van der Waals surface area contributed by atoms with E-state index in [1.165, 1.54) is 10.5 Å². The van der Waals surface area contributed by atoms with Crippen LogP contribution in [-0.4, -0.2) is 23.7 Å². The van der Waals surface area contributed by atoms with Gasteiger partial charge in [0.1, 0.15) is 0 Å². The van der Waals surface area contributed by atoms with Crippen molar-refractivity contribution >= 4 is 17.7 Å². The number of amides is 1. The van der Waals surface area contributed by atoms with Gasteiger partial charge in [0.25, 0.3) is 0 Å². The summed E-state index contributed by atoms with van der Waals surface area (Å²) in [5, 5.41) is 6.54. The number of rotatable bonds is 4. The molecule has 1 aliphatic carbocycles. The summed E-state index contributed by atoms with van der Waals surface area (Å²) in [6.07, 6.45) is 3.37. The Kier molecular flexibility index (Phi) is 3.80. The van der Waals surface area contributed by atoms with Crippen molar-refractivity contribution in [1.29, 1.82) is 0 Å². The van der Waals surface area contributed by atoms with Crippen LogP contribution >= 0.6 is 11.8 Å². The fourth-order valence-corrected chi connectivity index (χ4v) is 3.57. The molecular weight excluding hydrogens is 256 g/mol. The Bertz CT molecular complexity index is 473. The van der Waals surface area contributed by atoms with E-state index in [4.69, 9.17) is 0 Å². The second-order valence-electron chi connectivity index (χ2n) is 5.40. The van der Waals surface area contributed by atoms with Gasteiger partial charge in [0.05, 0.1) is 6.04 Å². The van der Waals surface area contributed by atoms with Crippen LogP contribution in [-0.2, 0) is 4.79 Å². The molecule has 0 saturated heterocycles. The average Bonchev–Trinajstić information content (AvgIpc) is 3.23. The van der Waals surface area contributed by atoms with E-state index in [0.29, 0.717) is 12.1 Å². The second-order valence-corrected chi connectivity index (χ2v) is 6.54. The van der Waals surface area contributed by atoms with E-state index in [0.717, 1.165) is 25.0 Å². The van der Waals surface area contributed by atoms with Crippen molar-refractivity contribution in [1.82, 2.24) is 10.6 Å². The quantitative estimate of drug-likeness (QED) is 0.887. The smallest absolute Gasteiger partial charge is 0.237 e. The van der Waals surface area contributed by atoms with E-state index in [-0.39, 0.29) is 11.9 Å². The zero-order valence-electron chi connectivity index (χ0n) is 11.2. The predicted octanol–water partition coefficient (Wildman–Crippen LogP) is 2.48. The van der Waals surface area contributed by atoms with Crippen LogP contribution in [0.15, 0.2) is 29.2 Å². The zero-order chi connectivity index (χ0) is 13.2. The van der Waals surface area contributed by atoms with Gasteiger partial charge in [-0.2, -0.15) is 0 Å². The Hall–Kier alpha value is -1.00. The van der Waals surface area contributed by atoms with Gasteiger partial charge in [-0.15, -0.1) is 11.8 Å². The third-order valence-corrected chi connectivity index (χ3v) is 4.85. The minimum atomic E-state index is -0.123. The summed E-state index contributed by atoms with van der Waals surface area (Å²) in [5.74, 6) is 1.25. The number of benzene rings is 1. The molecule has 0 spiro atoms. The lowest BCUT2D eigenvalue weighted by atomic mass is 10.0. The van der Waals surface area contributed by atoms with Gasteiger partial charge in [0, 0.05) is 17.0 Å². The van der Waals surface area contributed by atoms with Crippen molar-refractivity contribution in [3.8, 4) is 0 Å². The van der Waals surface area contributed by atoms with E-state index in [1.54, 1.807) is 0 Å². The van der Waals surface area contributed by atoms with Crippen LogP contribution in [0.3, 0.4) is 0 Å². The maximum absolute atomic E-state index is 12.0. The molecule has 1 heterocycles. The first-order valence-electron chi connectivity index (χ1n) is 7.02. The van der Waals surface area contributed by atoms with Crippen molar-refractivity contribution in [2.24, 2.45) is 0 Å². The molecule has 1 aromatic rings. The van der Waals surface area contributed by atoms with Crippen LogP contribution in [0.25, 0.3) is 0 Å². The third-order valence-electron chi connectivity index (χ3n) is 3.73. The second kappa shape index (κ2) is 5.55. The Morgan fingerprint density at radius 1 is 1.32 bits per heavy atom. The molecule has 1 fully saturated rings. The number of hydrogen-bond donors (Lipinski definition) is 2. The summed E-state index contributed by atoms with van der Waals surface area (Å²) in [6, 6.07) is 9.12. The normalized spacial score (nSPS) is 23.5. The highest BCUT2D eigenvalue weighted by atomic mass is 32.2. The third kappa shape index (κ3) is 3.12. The minimum absolute atomic E-state index is 0.123. The molecule has 19 heavy (non-hydrogen) atoms. The zero-order valence-corrected chi connectivity index (χ0v) is 12.0. The van der Waals surface area contributed by atoms with Crippen LogP contribution in [0, 0.1) is 0 Å². The molecule has 2 N–H and O–H groups in total. The first kappa shape index (κ1) is 13.0. The van der Waals surface area contributed by atoms with Gasteiger partial charge in [-0.1, -0.05) is 18.2 Å². The molecule has 0 radical (unpaired) electrons. The molecular formula is C15H20N2OS. The number of hydrogen-bond acceptors (Lipinski definition) is 3. The lowest BCUT2D eigenvalue weighted by Gasteiger charge is -2.28. The van der Waals surface area contributed by atoms with E-state index >= 15 is 0 Å². The predicted molar refractivity (Wildman–Crippen MR) is 78.3 cm³/mol. The van der Waals surface area contributed by atoms with Crippen LogP contribution in [0.1, 0.15) is 37.8 Å². The fourth-order valence-electron chi connectivity index (χ4n) is 2.45. The van der Waals surface area contributed by atoms with E-state index < -0.39 is 0 Å². The molecule has 4 heteroatoms. The van der Waals surface area contributed by atoms with E-state index in [1.807, 2.05) is 18.7 Å². The Morgan fingerprint density at radius 2 is 2.11 bits per heavy atom. The lowest BCUT2D eigenvalue weighted by Crippen LogP contribution is -2.44. The molecule has 1 amide bonds. The SMILES string of the molecule is CC(NC1CCSc2ccccc21)C(=O)NC1CC1. The maximum Gasteiger partial charge on any atom is 0.237 e. The van der Waals surface area contributed by atoms with Crippen molar-refractivity contribution in [2.45, 2.75) is 49.2 Å². The van der Waals surface area contributed by atoms with Crippen LogP contribution in [0.2, 0.25) is 0 Å². The number of carbonyl (C=O) groups excluding carboxylic acids is 1. The molecule has 2 atom stereocenters. The maximum atomic E-state index is 12.0. The highest BCUT2D eigenvalue weighted by molar-refractivity contribution is 7.99. The molecule has 0 aromatic heterocycles. The summed E-state index contributed by atoms with van der Waals surface area (Å²) < 4.78 is 0. The highest BCUT2D eigenvalue weighted by Crippen LogP contribution is 2.36. The van der Waals surface area contributed by atoms with Gasteiger partial charge in [0.2, 0.25) is 5.91 Å². The summed E-state index contributed by atoms with van der Waals surface area (Å²) >= 11 is 1.91. The molecule has 3 nitrogen and oxygen atoms in total. The summed E-state index contributed by atoms with van der Waals surface area (Å²) in [4.78, 5) is 13.3. The monoisotopic (exact) mass is 276 g/mol. The molecule has 1 aromatic carbocycles. The fraction of sp³-hybridized carbons (Fsp3) is 0.533. The summed E-state index contributed by atoms with van der Waals surface area (Å²) in [7, 11) is 0. The Morgan fingerprint density at radius 3 is 2.89 bits per heavy atom. The molecule has 1 aliphatic heterocycles. The minimum Gasteiger partial charge on any atom is -0.352 e. The van der Waals surface area contributed by atoms with Gasteiger partial charge in [0.15, 0.2) is 0 Å². The first-order chi connectivity index (χ1) is 9.24. The Labute approximate surface area is 118 Å². The van der Waals surface area contributed by atoms with Gasteiger partial charge in [-0.25, -0.2) is 0 Å². The molecule has 2 aliphatic rings. The number of carbonyl (C=O) groups is 1. The van der Waals surface area contributed by atoms with E-state index in [9.17, 15) is 4.79 Å².